The topological polar surface area (TPSA) is 99.2 Å². The summed E-state index contributed by atoms with van der Waals surface area (Å²) in [6.45, 7) is 0. The molecule has 3 rings (SSSR count). The molecule has 0 saturated carbocycles. The first kappa shape index (κ1) is 12.0. The van der Waals surface area contributed by atoms with Gasteiger partial charge < -0.3 is 20.2 Å². The predicted octanol–water partition coefficient (Wildman–Crippen LogP) is 3.20. The number of hydrogen-bond acceptors (Lipinski definition) is 5. The van der Waals surface area contributed by atoms with E-state index in [-0.39, 0.29) is 0 Å². The third-order valence-corrected chi connectivity index (χ3v) is 3.02. The highest BCUT2D eigenvalue weighted by Gasteiger charge is 2.20. The van der Waals surface area contributed by atoms with Crippen molar-refractivity contribution in [1.29, 1.82) is 0 Å². The van der Waals surface area contributed by atoms with Crippen molar-refractivity contribution in [1.82, 2.24) is 4.98 Å². The second-order valence-electron chi connectivity index (χ2n) is 4.24. The fourth-order valence-corrected chi connectivity index (χ4v) is 2.14. The van der Waals surface area contributed by atoms with Gasteiger partial charge in [-0.3, -0.25) is 0 Å². The molecule has 0 spiro atoms. The zero-order valence-corrected chi connectivity index (χ0v) is 10.0. The van der Waals surface area contributed by atoms with Gasteiger partial charge in [-0.1, -0.05) is 24.3 Å². The van der Waals surface area contributed by atoms with Gasteiger partial charge in [-0.2, -0.15) is 0 Å². The van der Waals surface area contributed by atoms with E-state index in [1.807, 2.05) is 24.3 Å². The lowest BCUT2D eigenvalue weighted by Gasteiger charge is -2.03. The summed E-state index contributed by atoms with van der Waals surface area (Å²) in [7, 11) is 0. The first-order valence-corrected chi connectivity index (χ1v) is 5.68. The molecule has 0 unspecified atom stereocenters. The third kappa shape index (κ3) is 1.81. The number of benzene rings is 2. The summed E-state index contributed by atoms with van der Waals surface area (Å²) in [6.07, 6.45) is 0. The molecule has 0 fully saturated rings. The van der Waals surface area contributed by atoms with Crippen molar-refractivity contribution in [2.45, 2.75) is 0 Å². The highest BCUT2D eigenvalue weighted by Crippen LogP contribution is 2.31. The maximum atomic E-state index is 11.0. The minimum absolute atomic E-state index is 0.291. The molecule has 0 amide bonds. The lowest BCUT2D eigenvalue weighted by atomic mass is 10.0. The Hall–Kier alpha value is -3.09. The van der Waals surface area contributed by atoms with E-state index in [0.717, 1.165) is 10.8 Å². The van der Waals surface area contributed by atoms with E-state index in [0.29, 0.717) is 10.8 Å². The molecule has 0 saturated heterocycles. The Kier molecular flexibility index (Phi) is 2.53. The molecule has 0 bridgehead atoms. The Morgan fingerprint density at radius 1 is 0.850 bits per heavy atom. The number of rotatable bonds is 2. The largest absolute Gasteiger partial charge is 0.376 e. The second kappa shape index (κ2) is 4.23. The van der Waals surface area contributed by atoms with Crippen molar-refractivity contribution in [2.75, 3.05) is 0 Å². The van der Waals surface area contributed by atoms with Gasteiger partial charge in [0, 0.05) is 11.1 Å². The molecule has 20 heavy (non-hydrogen) atoms. The number of hydrogen-bond donors (Lipinski definition) is 0. The van der Waals surface area contributed by atoms with Crippen LogP contribution in [0.5, 0.6) is 0 Å². The van der Waals surface area contributed by atoms with Crippen LogP contribution < -0.4 is 0 Å². The van der Waals surface area contributed by atoms with Crippen LogP contribution in [0.15, 0.2) is 42.5 Å². The molecule has 7 heteroatoms. The first-order chi connectivity index (χ1) is 9.56. The van der Waals surface area contributed by atoms with Gasteiger partial charge in [-0.25, -0.2) is 0 Å². The number of aromatic nitrogens is 1. The normalized spacial score (nSPS) is 10.8. The van der Waals surface area contributed by atoms with Crippen molar-refractivity contribution in [3.8, 4) is 0 Å². The summed E-state index contributed by atoms with van der Waals surface area (Å²) >= 11 is 0. The molecule has 1 aromatic heterocycles. The molecular formula is C13H7N3O4. The summed E-state index contributed by atoms with van der Waals surface area (Å²) in [4.78, 5) is 23.9. The van der Waals surface area contributed by atoms with Crippen LogP contribution in [0.25, 0.3) is 21.5 Å². The summed E-state index contributed by atoms with van der Waals surface area (Å²) in [6, 6.07) is 11.9. The van der Waals surface area contributed by atoms with E-state index >= 15 is 0 Å². The van der Waals surface area contributed by atoms with Crippen LogP contribution in [0.2, 0.25) is 0 Å². The highest BCUT2D eigenvalue weighted by atomic mass is 16.6. The van der Waals surface area contributed by atoms with E-state index in [2.05, 4.69) is 4.98 Å². The van der Waals surface area contributed by atoms with E-state index in [1.54, 1.807) is 12.1 Å². The van der Waals surface area contributed by atoms with E-state index in [9.17, 15) is 20.2 Å². The van der Waals surface area contributed by atoms with Gasteiger partial charge in [-0.05, 0) is 38.1 Å². The quantitative estimate of drug-likeness (QED) is 0.404. The molecule has 0 aliphatic heterocycles. The molecule has 98 valence electrons. The fourth-order valence-electron chi connectivity index (χ4n) is 2.14. The minimum atomic E-state index is -0.734. The molecule has 2 aromatic carbocycles. The van der Waals surface area contributed by atoms with Crippen molar-refractivity contribution >= 4 is 33.2 Å². The Morgan fingerprint density at radius 3 is 2.10 bits per heavy atom. The van der Waals surface area contributed by atoms with Gasteiger partial charge in [0.15, 0.2) is 0 Å². The Bertz CT molecular complexity index is 876. The van der Waals surface area contributed by atoms with Crippen molar-refractivity contribution in [3.63, 3.8) is 0 Å². The van der Waals surface area contributed by atoms with Crippen LogP contribution in [-0.4, -0.2) is 14.8 Å². The molecular weight excluding hydrogens is 262 g/mol. The lowest BCUT2D eigenvalue weighted by molar-refractivity contribution is -0.401. The van der Waals surface area contributed by atoms with Gasteiger partial charge in [-0.15, -0.1) is 0 Å². The van der Waals surface area contributed by atoms with Gasteiger partial charge in [0.25, 0.3) is 0 Å². The van der Waals surface area contributed by atoms with E-state index < -0.39 is 21.5 Å². The van der Waals surface area contributed by atoms with Crippen LogP contribution in [0.3, 0.4) is 0 Å². The summed E-state index contributed by atoms with van der Waals surface area (Å²) in [5.74, 6) is -1.03. The van der Waals surface area contributed by atoms with Crippen molar-refractivity contribution in [2.24, 2.45) is 0 Å². The number of nitro groups is 2. The highest BCUT2D eigenvalue weighted by molar-refractivity contribution is 6.01. The molecule has 0 atom stereocenters. The van der Waals surface area contributed by atoms with Crippen LogP contribution in [-0.2, 0) is 0 Å². The molecule has 0 aliphatic carbocycles. The average Bonchev–Trinajstić information content (AvgIpc) is 2.43. The number of pyridine rings is 1. The van der Waals surface area contributed by atoms with Crippen LogP contribution in [0, 0.1) is 20.2 Å². The van der Waals surface area contributed by atoms with Crippen LogP contribution in [0.4, 0.5) is 11.6 Å². The maximum Gasteiger partial charge on any atom is 0.376 e. The summed E-state index contributed by atoms with van der Waals surface area (Å²) in [5.41, 5.74) is 0. The Labute approximate surface area is 111 Å². The van der Waals surface area contributed by atoms with Gasteiger partial charge in [0.05, 0.1) is 5.39 Å². The maximum absolute atomic E-state index is 11.0. The van der Waals surface area contributed by atoms with Crippen molar-refractivity contribution in [3.05, 3.63) is 62.7 Å². The minimum Gasteiger partial charge on any atom is -0.358 e. The van der Waals surface area contributed by atoms with E-state index in [4.69, 9.17) is 0 Å². The van der Waals surface area contributed by atoms with Gasteiger partial charge in [0.1, 0.15) is 0 Å². The summed E-state index contributed by atoms with van der Waals surface area (Å²) in [5, 5.41) is 24.2. The fraction of sp³-hybridized carbons (Fsp3) is 0. The smallest absolute Gasteiger partial charge is 0.358 e. The predicted molar refractivity (Wildman–Crippen MR) is 72.6 cm³/mol. The standard InChI is InChI=1S/C13H7N3O4/c17-15(18)12-7-10-5-8-3-1-2-4-9(8)6-11(10)13(14-12)16(19)20/h1-7H. The zero-order chi connectivity index (χ0) is 14.3. The SMILES string of the molecule is O=[N+]([O-])c1cc2cc3ccccc3cc2c([N+](=O)[O-])n1. The number of fused-ring (bicyclic) bond motifs is 2. The third-order valence-electron chi connectivity index (χ3n) is 3.02. The zero-order valence-electron chi connectivity index (χ0n) is 10.0. The molecule has 0 radical (unpaired) electrons. The number of nitrogens with zero attached hydrogens (tertiary/aromatic N) is 3. The second-order valence-corrected chi connectivity index (χ2v) is 4.24. The molecule has 0 aliphatic rings. The molecule has 1 heterocycles. The molecule has 7 nitrogen and oxygen atoms in total. The molecule has 0 N–H and O–H groups in total. The van der Waals surface area contributed by atoms with E-state index in [1.165, 1.54) is 6.07 Å². The van der Waals surface area contributed by atoms with Gasteiger partial charge >= 0.3 is 11.6 Å². The average molecular weight is 269 g/mol. The Balaban J connectivity index is 2.46. The monoisotopic (exact) mass is 269 g/mol. The lowest BCUT2D eigenvalue weighted by Crippen LogP contribution is -1.98. The van der Waals surface area contributed by atoms with Crippen molar-refractivity contribution < 1.29 is 9.85 Å². The molecule has 3 aromatic rings. The summed E-state index contributed by atoms with van der Waals surface area (Å²) < 4.78 is 0. The van der Waals surface area contributed by atoms with Gasteiger partial charge in [0.2, 0.25) is 0 Å². The van der Waals surface area contributed by atoms with Crippen LogP contribution in [0.1, 0.15) is 0 Å². The first-order valence-electron chi connectivity index (χ1n) is 5.68. The Morgan fingerprint density at radius 2 is 1.50 bits per heavy atom. The van der Waals surface area contributed by atoms with Crippen LogP contribution >= 0.6 is 0 Å².